The second-order valence-electron chi connectivity index (χ2n) is 8.21. The van der Waals surface area contributed by atoms with Crippen molar-refractivity contribution >= 4 is 17.4 Å². The molecule has 0 aromatic heterocycles. The first-order valence-electron chi connectivity index (χ1n) is 11.8. The molecule has 1 unspecified atom stereocenters. The van der Waals surface area contributed by atoms with Crippen molar-refractivity contribution in [3.05, 3.63) is 53.1 Å². The number of hydrogen-bond donors (Lipinski definition) is 1. The Morgan fingerprint density at radius 1 is 0.917 bits per heavy atom. The van der Waals surface area contributed by atoms with Crippen molar-refractivity contribution < 1.29 is 33.6 Å². The minimum absolute atomic E-state index is 0.000938. The molecule has 1 heterocycles. The van der Waals surface area contributed by atoms with E-state index in [-0.39, 0.29) is 11.3 Å². The number of ketones is 1. The summed E-state index contributed by atoms with van der Waals surface area (Å²) in [5.74, 6) is 0.0698. The van der Waals surface area contributed by atoms with E-state index in [0.717, 1.165) is 13.1 Å². The first-order valence-corrected chi connectivity index (χ1v) is 11.8. The average molecular weight is 499 g/mol. The highest BCUT2D eigenvalue weighted by molar-refractivity contribution is 6.46. The lowest BCUT2D eigenvalue weighted by atomic mass is 9.94. The Morgan fingerprint density at radius 2 is 1.50 bits per heavy atom. The Morgan fingerprint density at radius 3 is 1.97 bits per heavy atom. The van der Waals surface area contributed by atoms with E-state index >= 15 is 0 Å². The average Bonchev–Trinajstić information content (AvgIpc) is 3.17. The number of hydrogen-bond acceptors (Lipinski definition) is 8. The van der Waals surface area contributed by atoms with Gasteiger partial charge in [0.25, 0.3) is 11.7 Å². The van der Waals surface area contributed by atoms with Crippen LogP contribution in [0.1, 0.15) is 31.0 Å². The van der Waals surface area contributed by atoms with Crippen molar-refractivity contribution in [1.29, 1.82) is 0 Å². The number of carbonyl (C=O) groups is 2. The number of ether oxygens (including phenoxy) is 4. The summed E-state index contributed by atoms with van der Waals surface area (Å²) in [5, 5.41) is 11.3. The smallest absolute Gasteiger partial charge is 0.295 e. The topological polar surface area (TPSA) is 97.8 Å². The van der Waals surface area contributed by atoms with E-state index in [9.17, 15) is 14.7 Å². The fourth-order valence-electron chi connectivity index (χ4n) is 4.41. The predicted molar refractivity (Wildman–Crippen MR) is 136 cm³/mol. The van der Waals surface area contributed by atoms with Gasteiger partial charge in [0, 0.05) is 18.7 Å². The molecule has 3 rings (SSSR count). The molecule has 1 aliphatic rings. The zero-order valence-corrected chi connectivity index (χ0v) is 21.7. The van der Waals surface area contributed by atoms with E-state index in [4.69, 9.17) is 18.9 Å². The monoisotopic (exact) mass is 498 g/mol. The molecule has 1 atom stereocenters. The summed E-state index contributed by atoms with van der Waals surface area (Å²) >= 11 is 0. The lowest BCUT2D eigenvalue weighted by molar-refractivity contribution is -0.140. The van der Waals surface area contributed by atoms with Crippen LogP contribution < -0.4 is 18.9 Å². The van der Waals surface area contributed by atoms with E-state index in [1.54, 1.807) is 43.5 Å². The van der Waals surface area contributed by atoms with Crippen LogP contribution in [0.15, 0.2) is 42.0 Å². The van der Waals surface area contributed by atoms with Gasteiger partial charge in [0.15, 0.2) is 11.5 Å². The number of aliphatic hydroxyl groups excluding tert-OH is 1. The third-order valence-electron chi connectivity index (χ3n) is 6.46. The second-order valence-corrected chi connectivity index (χ2v) is 8.21. The fourth-order valence-corrected chi connectivity index (χ4v) is 4.41. The van der Waals surface area contributed by atoms with Crippen LogP contribution in [0, 0.1) is 0 Å². The number of likely N-dealkylation sites (N-methyl/N-ethyl adjacent to an activating group) is 1. The molecule has 2 aromatic carbocycles. The van der Waals surface area contributed by atoms with Crippen LogP contribution in [0.2, 0.25) is 0 Å². The number of rotatable bonds is 11. The molecular weight excluding hydrogens is 464 g/mol. The summed E-state index contributed by atoms with van der Waals surface area (Å²) in [6.45, 7) is 6.56. The summed E-state index contributed by atoms with van der Waals surface area (Å²) in [6, 6.07) is 9.19. The van der Waals surface area contributed by atoms with Crippen molar-refractivity contribution in [1.82, 2.24) is 9.80 Å². The Labute approximate surface area is 211 Å². The van der Waals surface area contributed by atoms with Crippen molar-refractivity contribution in [3.8, 4) is 23.0 Å². The fraction of sp³-hybridized carbons (Fsp3) is 0.407. The molecule has 9 nitrogen and oxygen atoms in total. The Bertz CT molecular complexity index is 1100. The summed E-state index contributed by atoms with van der Waals surface area (Å²) in [6.07, 6.45) is 0. The molecule has 0 spiro atoms. The number of aliphatic hydroxyl groups is 1. The molecule has 2 aromatic rings. The van der Waals surface area contributed by atoms with Gasteiger partial charge in [-0.3, -0.25) is 9.59 Å². The molecule has 1 aliphatic heterocycles. The lowest BCUT2D eigenvalue weighted by Gasteiger charge is -2.29. The second kappa shape index (κ2) is 11.8. The minimum atomic E-state index is -0.851. The highest BCUT2D eigenvalue weighted by Gasteiger charge is 2.46. The summed E-state index contributed by atoms with van der Waals surface area (Å²) < 4.78 is 21.7. The van der Waals surface area contributed by atoms with Gasteiger partial charge in [-0.25, -0.2) is 0 Å². The van der Waals surface area contributed by atoms with Crippen LogP contribution in [0.25, 0.3) is 5.76 Å². The Kier molecular flexibility index (Phi) is 8.82. The maximum atomic E-state index is 13.3. The van der Waals surface area contributed by atoms with Crippen LogP contribution in [0.3, 0.4) is 0 Å². The van der Waals surface area contributed by atoms with Gasteiger partial charge in [0.1, 0.15) is 11.5 Å². The number of benzene rings is 2. The molecular formula is C27H34N2O7. The summed E-state index contributed by atoms with van der Waals surface area (Å²) in [5.41, 5.74) is 0.951. The van der Waals surface area contributed by atoms with Gasteiger partial charge in [-0.2, -0.15) is 0 Å². The minimum Gasteiger partial charge on any atom is -0.507 e. The van der Waals surface area contributed by atoms with Gasteiger partial charge in [-0.15, -0.1) is 0 Å². The first kappa shape index (κ1) is 26.9. The van der Waals surface area contributed by atoms with Gasteiger partial charge in [-0.05, 0) is 55.1 Å². The molecule has 0 bridgehead atoms. The van der Waals surface area contributed by atoms with Crippen molar-refractivity contribution in [2.24, 2.45) is 0 Å². The third kappa shape index (κ3) is 5.11. The van der Waals surface area contributed by atoms with Crippen molar-refractivity contribution in [3.63, 3.8) is 0 Å². The standard InChI is InChI=1S/C27H34N2O7/c1-7-28(8-2)13-14-29-23(18-15-20(34-4)26(36-6)21(16-18)35-5)22(25(31)27(29)32)24(30)17-9-11-19(33-3)12-10-17/h9-12,15-16,23,30H,7-8,13-14H2,1-6H3. The SMILES string of the molecule is CCN(CC)CCN1C(=O)C(=O)C(=C(O)c2ccc(OC)cc2)C1c1cc(OC)c(OC)c(OC)c1. The Balaban J connectivity index is 2.21. The third-order valence-corrected chi connectivity index (χ3v) is 6.46. The lowest BCUT2D eigenvalue weighted by Crippen LogP contribution is -2.38. The molecule has 1 N–H and O–H groups in total. The van der Waals surface area contributed by atoms with E-state index in [1.807, 2.05) is 13.8 Å². The molecule has 0 radical (unpaired) electrons. The number of methoxy groups -OCH3 is 4. The van der Waals surface area contributed by atoms with Crippen molar-refractivity contribution in [2.45, 2.75) is 19.9 Å². The number of nitrogens with zero attached hydrogens (tertiary/aromatic N) is 2. The molecule has 1 amide bonds. The number of carbonyl (C=O) groups excluding carboxylic acids is 2. The van der Waals surface area contributed by atoms with E-state index < -0.39 is 17.7 Å². The van der Waals surface area contributed by atoms with E-state index in [1.165, 1.54) is 26.2 Å². The molecule has 9 heteroatoms. The van der Waals surface area contributed by atoms with Gasteiger partial charge in [0.2, 0.25) is 5.75 Å². The number of likely N-dealkylation sites (tertiary alicyclic amines) is 1. The predicted octanol–water partition coefficient (Wildman–Crippen LogP) is 3.48. The first-order chi connectivity index (χ1) is 17.3. The summed E-state index contributed by atoms with van der Waals surface area (Å²) in [7, 11) is 6.03. The van der Waals surface area contributed by atoms with Crippen LogP contribution in [-0.2, 0) is 9.59 Å². The van der Waals surface area contributed by atoms with Crippen LogP contribution in [0.4, 0.5) is 0 Å². The molecule has 194 valence electrons. The van der Waals surface area contributed by atoms with E-state index in [2.05, 4.69) is 4.90 Å². The zero-order valence-electron chi connectivity index (χ0n) is 21.7. The highest BCUT2D eigenvalue weighted by atomic mass is 16.5. The molecule has 0 aliphatic carbocycles. The summed E-state index contributed by atoms with van der Waals surface area (Å²) in [4.78, 5) is 30.2. The van der Waals surface area contributed by atoms with Crippen LogP contribution >= 0.6 is 0 Å². The quantitative estimate of drug-likeness (QED) is 0.286. The van der Waals surface area contributed by atoms with Crippen LogP contribution in [-0.4, -0.2) is 81.2 Å². The number of amides is 1. The largest absolute Gasteiger partial charge is 0.507 e. The van der Waals surface area contributed by atoms with Crippen molar-refractivity contribution in [2.75, 3.05) is 54.6 Å². The molecule has 1 saturated heterocycles. The Hall–Kier alpha value is -3.72. The van der Waals surface area contributed by atoms with Gasteiger partial charge in [-0.1, -0.05) is 13.8 Å². The maximum Gasteiger partial charge on any atom is 0.295 e. The number of Topliss-reactive ketones (excluding diaryl/α,β-unsaturated/α-hetero) is 1. The normalized spacial score (nSPS) is 17.0. The highest BCUT2D eigenvalue weighted by Crippen LogP contribution is 2.45. The molecule has 1 fully saturated rings. The van der Waals surface area contributed by atoms with Gasteiger partial charge >= 0.3 is 0 Å². The van der Waals surface area contributed by atoms with E-state index in [0.29, 0.717) is 47.2 Å². The zero-order chi connectivity index (χ0) is 26.4. The van der Waals surface area contributed by atoms with Gasteiger partial charge in [0.05, 0.1) is 40.1 Å². The molecule has 0 saturated carbocycles. The molecule has 36 heavy (non-hydrogen) atoms. The van der Waals surface area contributed by atoms with Crippen LogP contribution in [0.5, 0.6) is 23.0 Å². The van der Waals surface area contributed by atoms with Gasteiger partial charge < -0.3 is 33.9 Å². The maximum absolute atomic E-state index is 13.3.